The first-order valence-electron chi connectivity index (χ1n) is 8.01. The Hall–Kier alpha value is -2.83. The molecule has 2 N–H and O–H groups in total. The standard InChI is InChI=1S/C17H19N5O2/c1-10-20-21-16(22(10)12-3-4-12)9-18-17(23)15-8-11-7-13(24-2)5-6-14(11)19-15/h5-8,12,19H,3-4,9H2,1-2H3,(H,18,23). The van der Waals surface area contributed by atoms with Gasteiger partial charge >= 0.3 is 0 Å². The quantitative estimate of drug-likeness (QED) is 0.754. The fourth-order valence-corrected chi connectivity index (χ4v) is 2.96. The maximum absolute atomic E-state index is 12.4. The number of nitrogens with zero attached hydrogens (tertiary/aromatic N) is 3. The number of carbonyl (C=O) groups excluding carboxylic acids is 1. The third-order valence-corrected chi connectivity index (χ3v) is 4.33. The molecule has 24 heavy (non-hydrogen) atoms. The summed E-state index contributed by atoms with van der Waals surface area (Å²) in [5.74, 6) is 2.32. The van der Waals surface area contributed by atoms with Gasteiger partial charge in [0.05, 0.1) is 13.7 Å². The Morgan fingerprint density at radius 2 is 2.21 bits per heavy atom. The van der Waals surface area contributed by atoms with E-state index in [-0.39, 0.29) is 5.91 Å². The van der Waals surface area contributed by atoms with E-state index in [0.717, 1.165) is 41.1 Å². The van der Waals surface area contributed by atoms with E-state index < -0.39 is 0 Å². The van der Waals surface area contributed by atoms with E-state index >= 15 is 0 Å². The minimum atomic E-state index is -0.159. The molecule has 1 fully saturated rings. The molecular formula is C17H19N5O2. The lowest BCUT2D eigenvalue weighted by Gasteiger charge is -2.07. The van der Waals surface area contributed by atoms with Gasteiger partial charge < -0.3 is 19.6 Å². The van der Waals surface area contributed by atoms with E-state index in [1.165, 1.54) is 0 Å². The molecule has 1 saturated carbocycles. The fraction of sp³-hybridized carbons (Fsp3) is 0.353. The predicted octanol–water partition coefficient (Wildman–Crippen LogP) is 2.34. The van der Waals surface area contributed by atoms with Gasteiger partial charge in [-0.3, -0.25) is 4.79 Å². The van der Waals surface area contributed by atoms with Crippen LogP contribution in [0.15, 0.2) is 24.3 Å². The number of amides is 1. The number of hydrogen-bond donors (Lipinski definition) is 2. The predicted molar refractivity (Wildman–Crippen MR) is 89.1 cm³/mol. The highest BCUT2D eigenvalue weighted by molar-refractivity contribution is 5.98. The highest BCUT2D eigenvalue weighted by Crippen LogP contribution is 2.36. The van der Waals surface area contributed by atoms with Crippen molar-refractivity contribution in [3.63, 3.8) is 0 Å². The SMILES string of the molecule is COc1ccc2[nH]c(C(=O)NCc3nnc(C)n3C3CC3)cc2c1. The number of aryl methyl sites for hydroxylation is 1. The van der Waals surface area contributed by atoms with Crippen LogP contribution < -0.4 is 10.1 Å². The maximum Gasteiger partial charge on any atom is 0.268 e. The number of carbonyl (C=O) groups is 1. The molecule has 124 valence electrons. The molecule has 1 amide bonds. The second-order valence-corrected chi connectivity index (χ2v) is 6.08. The first-order valence-corrected chi connectivity index (χ1v) is 8.01. The number of H-pyrrole nitrogens is 1. The van der Waals surface area contributed by atoms with Gasteiger partial charge in [-0.2, -0.15) is 0 Å². The summed E-state index contributed by atoms with van der Waals surface area (Å²) in [6.07, 6.45) is 2.31. The number of hydrogen-bond acceptors (Lipinski definition) is 4. The van der Waals surface area contributed by atoms with Crippen molar-refractivity contribution in [2.75, 3.05) is 7.11 Å². The fourth-order valence-electron chi connectivity index (χ4n) is 2.96. The number of benzene rings is 1. The molecule has 0 saturated heterocycles. The summed E-state index contributed by atoms with van der Waals surface area (Å²) in [4.78, 5) is 15.5. The molecule has 7 heteroatoms. The van der Waals surface area contributed by atoms with Crippen LogP contribution in [0.5, 0.6) is 5.75 Å². The number of ether oxygens (including phenoxy) is 1. The molecule has 4 rings (SSSR count). The Morgan fingerprint density at radius 1 is 1.38 bits per heavy atom. The van der Waals surface area contributed by atoms with Crippen LogP contribution in [0, 0.1) is 6.92 Å². The molecule has 1 aliphatic carbocycles. The van der Waals surface area contributed by atoms with Gasteiger partial charge in [0.15, 0.2) is 5.82 Å². The molecule has 2 heterocycles. The molecule has 0 atom stereocenters. The first-order chi connectivity index (χ1) is 11.7. The minimum absolute atomic E-state index is 0.159. The van der Waals surface area contributed by atoms with Crippen molar-refractivity contribution in [3.05, 3.63) is 41.6 Å². The number of nitrogens with one attached hydrogen (secondary N) is 2. The van der Waals surface area contributed by atoms with E-state index in [0.29, 0.717) is 18.3 Å². The van der Waals surface area contributed by atoms with Gasteiger partial charge in [0, 0.05) is 16.9 Å². The second-order valence-electron chi connectivity index (χ2n) is 6.08. The van der Waals surface area contributed by atoms with Crippen LogP contribution in [-0.4, -0.2) is 32.8 Å². The summed E-state index contributed by atoms with van der Waals surface area (Å²) in [7, 11) is 1.62. The molecule has 1 aromatic carbocycles. The van der Waals surface area contributed by atoms with Crippen LogP contribution in [0.4, 0.5) is 0 Å². The maximum atomic E-state index is 12.4. The number of fused-ring (bicyclic) bond motifs is 1. The Balaban J connectivity index is 1.50. The lowest BCUT2D eigenvalue weighted by atomic mass is 10.2. The van der Waals surface area contributed by atoms with E-state index in [4.69, 9.17) is 4.74 Å². The second kappa shape index (κ2) is 5.67. The zero-order chi connectivity index (χ0) is 16.7. The van der Waals surface area contributed by atoms with E-state index in [1.807, 2.05) is 31.2 Å². The summed E-state index contributed by atoms with van der Waals surface area (Å²) < 4.78 is 7.33. The van der Waals surface area contributed by atoms with Gasteiger partial charge in [0.25, 0.3) is 5.91 Å². The summed E-state index contributed by atoms with van der Waals surface area (Å²) in [6.45, 7) is 2.32. The average Bonchev–Trinajstić information content (AvgIpc) is 3.22. The van der Waals surface area contributed by atoms with Crippen molar-refractivity contribution < 1.29 is 9.53 Å². The Kier molecular flexibility index (Phi) is 3.48. The van der Waals surface area contributed by atoms with Crippen molar-refractivity contribution >= 4 is 16.8 Å². The highest BCUT2D eigenvalue weighted by atomic mass is 16.5. The molecule has 2 aromatic heterocycles. The molecule has 1 aliphatic rings. The van der Waals surface area contributed by atoms with Gasteiger partial charge in [-0.1, -0.05) is 0 Å². The van der Waals surface area contributed by atoms with Crippen LogP contribution in [0.3, 0.4) is 0 Å². The number of aromatic nitrogens is 4. The molecule has 0 bridgehead atoms. The highest BCUT2D eigenvalue weighted by Gasteiger charge is 2.28. The summed E-state index contributed by atoms with van der Waals surface area (Å²) in [5, 5.41) is 12.2. The van der Waals surface area contributed by atoms with Gasteiger partial charge in [0.1, 0.15) is 17.3 Å². The van der Waals surface area contributed by atoms with E-state index in [2.05, 4.69) is 25.1 Å². The van der Waals surface area contributed by atoms with Crippen LogP contribution >= 0.6 is 0 Å². The zero-order valence-corrected chi connectivity index (χ0v) is 13.7. The molecule has 0 unspecified atom stereocenters. The van der Waals surface area contributed by atoms with Crippen LogP contribution in [0.25, 0.3) is 10.9 Å². The van der Waals surface area contributed by atoms with Crippen molar-refractivity contribution in [1.82, 2.24) is 25.1 Å². The van der Waals surface area contributed by atoms with Crippen molar-refractivity contribution in [3.8, 4) is 5.75 Å². The van der Waals surface area contributed by atoms with E-state index in [1.54, 1.807) is 7.11 Å². The van der Waals surface area contributed by atoms with Crippen molar-refractivity contribution in [2.45, 2.75) is 32.4 Å². The largest absolute Gasteiger partial charge is 0.497 e. The van der Waals surface area contributed by atoms with Gasteiger partial charge in [0.2, 0.25) is 0 Å². The topological polar surface area (TPSA) is 84.8 Å². The van der Waals surface area contributed by atoms with E-state index in [9.17, 15) is 4.79 Å². The zero-order valence-electron chi connectivity index (χ0n) is 13.7. The summed E-state index contributed by atoms with van der Waals surface area (Å²) >= 11 is 0. The summed E-state index contributed by atoms with van der Waals surface area (Å²) in [6, 6.07) is 7.98. The number of methoxy groups -OCH3 is 1. The first kappa shape index (κ1) is 14.7. The van der Waals surface area contributed by atoms with Crippen LogP contribution in [0.1, 0.15) is 41.0 Å². The lowest BCUT2D eigenvalue weighted by Crippen LogP contribution is -2.25. The minimum Gasteiger partial charge on any atom is -0.497 e. The number of rotatable bonds is 5. The number of aromatic amines is 1. The third-order valence-electron chi connectivity index (χ3n) is 4.33. The molecule has 7 nitrogen and oxygen atoms in total. The smallest absolute Gasteiger partial charge is 0.268 e. The molecule has 3 aromatic rings. The molecule has 0 spiro atoms. The van der Waals surface area contributed by atoms with Crippen LogP contribution in [-0.2, 0) is 6.54 Å². The molecule has 0 radical (unpaired) electrons. The molecular weight excluding hydrogens is 306 g/mol. The van der Waals surface area contributed by atoms with Gasteiger partial charge in [-0.05, 0) is 44.0 Å². The third kappa shape index (κ3) is 2.62. The molecule has 0 aliphatic heterocycles. The Bertz CT molecular complexity index is 907. The average molecular weight is 325 g/mol. The normalized spacial score (nSPS) is 14.1. The van der Waals surface area contributed by atoms with Gasteiger partial charge in [-0.15, -0.1) is 10.2 Å². The van der Waals surface area contributed by atoms with Crippen LogP contribution in [0.2, 0.25) is 0 Å². The monoisotopic (exact) mass is 325 g/mol. The van der Waals surface area contributed by atoms with Gasteiger partial charge in [-0.25, -0.2) is 0 Å². The van der Waals surface area contributed by atoms with Crippen molar-refractivity contribution in [1.29, 1.82) is 0 Å². The Labute approximate surface area is 139 Å². The van der Waals surface area contributed by atoms with Crippen molar-refractivity contribution in [2.24, 2.45) is 0 Å². The lowest BCUT2D eigenvalue weighted by molar-refractivity contribution is 0.0945. The summed E-state index contributed by atoms with van der Waals surface area (Å²) in [5.41, 5.74) is 1.42. The Morgan fingerprint density at radius 3 is 2.96 bits per heavy atom.